The van der Waals surface area contributed by atoms with Crippen molar-refractivity contribution in [2.75, 3.05) is 7.11 Å². The number of nitrogens with zero attached hydrogens (tertiary/aromatic N) is 2. The first-order valence-corrected chi connectivity index (χ1v) is 4.60. The van der Waals surface area contributed by atoms with Crippen LogP contribution in [0.4, 0.5) is 0 Å². The second-order valence-corrected chi connectivity index (χ2v) is 3.29. The third-order valence-electron chi connectivity index (χ3n) is 2.37. The third-order valence-corrected chi connectivity index (χ3v) is 2.37. The zero-order chi connectivity index (χ0) is 10.8. The number of nitriles is 1. The van der Waals surface area contributed by atoms with E-state index in [1.807, 2.05) is 25.1 Å². The summed E-state index contributed by atoms with van der Waals surface area (Å²) in [6.45, 7) is 1.99. The van der Waals surface area contributed by atoms with Crippen LogP contribution in [0.25, 0.3) is 10.9 Å². The molecule has 0 bridgehead atoms. The van der Waals surface area contributed by atoms with E-state index in [1.165, 1.54) is 0 Å². The molecule has 3 heteroatoms. The van der Waals surface area contributed by atoms with E-state index in [9.17, 15) is 0 Å². The van der Waals surface area contributed by atoms with E-state index in [2.05, 4.69) is 11.1 Å². The molecular weight excluding hydrogens is 188 g/mol. The van der Waals surface area contributed by atoms with Gasteiger partial charge in [-0.15, -0.1) is 0 Å². The number of aryl methyl sites for hydroxylation is 1. The summed E-state index contributed by atoms with van der Waals surface area (Å²) in [6.07, 6.45) is 1.55. The van der Waals surface area contributed by atoms with Crippen LogP contribution in [0, 0.1) is 18.3 Å². The van der Waals surface area contributed by atoms with E-state index in [0.717, 1.165) is 16.5 Å². The second kappa shape index (κ2) is 3.58. The summed E-state index contributed by atoms with van der Waals surface area (Å²) in [5.74, 6) is 0.603. The van der Waals surface area contributed by atoms with Crippen LogP contribution >= 0.6 is 0 Å². The highest BCUT2D eigenvalue weighted by Gasteiger charge is 2.09. The smallest absolute Gasteiger partial charge is 0.147 e. The number of fused-ring (bicyclic) bond motifs is 1. The summed E-state index contributed by atoms with van der Waals surface area (Å²) in [5, 5.41) is 9.79. The summed E-state index contributed by atoms with van der Waals surface area (Å²) < 4.78 is 5.24. The van der Waals surface area contributed by atoms with Gasteiger partial charge in [0.2, 0.25) is 0 Å². The van der Waals surface area contributed by atoms with Gasteiger partial charge in [0, 0.05) is 11.6 Å². The summed E-state index contributed by atoms with van der Waals surface area (Å²) in [4.78, 5) is 4.26. The molecule has 1 aromatic heterocycles. The first-order chi connectivity index (χ1) is 7.27. The number of hydrogen-bond donors (Lipinski definition) is 0. The Balaban J connectivity index is 2.90. The monoisotopic (exact) mass is 198 g/mol. The van der Waals surface area contributed by atoms with Gasteiger partial charge >= 0.3 is 0 Å². The van der Waals surface area contributed by atoms with Crippen molar-refractivity contribution in [2.24, 2.45) is 0 Å². The Labute approximate surface area is 87.9 Å². The Morgan fingerprint density at radius 1 is 1.40 bits per heavy atom. The van der Waals surface area contributed by atoms with E-state index in [1.54, 1.807) is 13.3 Å². The third kappa shape index (κ3) is 1.40. The van der Waals surface area contributed by atoms with E-state index < -0.39 is 0 Å². The lowest BCUT2D eigenvalue weighted by Gasteiger charge is -2.07. The number of aromatic nitrogens is 1. The number of ether oxygens (including phenoxy) is 1. The first-order valence-electron chi connectivity index (χ1n) is 4.60. The van der Waals surface area contributed by atoms with Crippen molar-refractivity contribution in [3.63, 3.8) is 0 Å². The van der Waals surface area contributed by atoms with Crippen LogP contribution in [0.1, 0.15) is 11.1 Å². The number of methoxy groups -OCH3 is 1. The van der Waals surface area contributed by atoms with Crippen molar-refractivity contribution in [3.05, 3.63) is 35.5 Å². The highest BCUT2D eigenvalue weighted by Crippen LogP contribution is 2.28. The molecule has 0 spiro atoms. The van der Waals surface area contributed by atoms with Crippen molar-refractivity contribution >= 4 is 10.9 Å². The largest absolute Gasteiger partial charge is 0.495 e. The highest BCUT2D eigenvalue weighted by molar-refractivity contribution is 5.89. The number of benzene rings is 1. The normalized spacial score (nSPS) is 9.93. The molecule has 0 aliphatic heterocycles. The van der Waals surface area contributed by atoms with Crippen LogP contribution in [0.3, 0.4) is 0 Å². The minimum absolute atomic E-state index is 0.468. The Bertz CT molecular complexity index is 555. The quantitative estimate of drug-likeness (QED) is 0.706. The van der Waals surface area contributed by atoms with Crippen LogP contribution in [-0.4, -0.2) is 12.1 Å². The predicted octanol–water partition coefficient (Wildman–Crippen LogP) is 2.42. The summed E-state index contributed by atoms with van der Waals surface area (Å²) in [5.41, 5.74) is 2.43. The van der Waals surface area contributed by atoms with Gasteiger partial charge in [0.15, 0.2) is 0 Å². The topological polar surface area (TPSA) is 45.9 Å². The number of para-hydroxylation sites is 1. The van der Waals surface area contributed by atoms with Crippen molar-refractivity contribution < 1.29 is 4.74 Å². The fraction of sp³-hybridized carbons (Fsp3) is 0.167. The Hall–Kier alpha value is -2.08. The van der Waals surface area contributed by atoms with Crippen molar-refractivity contribution in [1.29, 1.82) is 5.26 Å². The molecular formula is C12H10N2O. The molecule has 15 heavy (non-hydrogen) atoms. The fourth-order valence-corrected chi connectivity index (χ4v) is 1.65. The van der Waals surface area contributed by atoms with Crippen molar-refractivity contribution in [3.8, 4) is 11.8 Å². The van der Waals surface area contributed by atoms with Gasteiger partial charge in [0.25, 0.3) is 0 Å². The van der Waals surface area contributed by atoms with Crippen LogP contribution in [0.2, 0.25) is 0 Å². The number of rotatable bonds is 1. The van der Waals surface area contributed by atoms with Crippen LogP contribution < -0.4 is 4.74 Å². The SMILES string of the molecule is COc1c(C#N)cnc2c(C)cccc12. The molecule has 0 radical (unpaired) electrons. The Morgan fingerprint density at radius 3 is 2.87 bits per heavy atom. The standard InChI is InChI=1S/C12H10N2O/c1-8-4-3-5-10-11(8)14-7-9(6-13)12(10)15-2/h3-5,7H,1-2H3. The number of pyridine rings is 1. The van der Waals surface area contributed by atoms with Crippen LogP contribution in [0.5, 0.6) is 5.75 Å². The molecule has 0 aliphatic rings. The van der Waals surface area contributed by atoms with Crippen molar-refractivity contribution in [2.45, 2.75) is 6.92 Å². The molecule has 0 N–H and O–H groups in total. The fourth-order valence-electron chi connectivity index (χ4n) is 1.65. The zero-order valence-corrected chi connectivity index (χ0v) is 8.61. The van der Waals surface area contributed by atoms with E-state index in [4.69, 9.17) is 10.00 Å². The Kier molecular flexibility index (Phi) is 2.26. The minimum Gasteiger partial charge on any atom is -0.495 e. The molecule has 3 nitrogen and oxygen atoms in total. The zero-order valence-electron chi connectivity index (χ0n) is 8.61. The molecule has 1 aromatic carbocycles. The maximum Gasteiger partial charge on any atom is 0.147 e. The molecule has 0 fully saturated rings. The highest BCUT2D eigenvalue weighted by atomic mass is 16.5. The number of hydrogen-bond acceptors (Lipinski definition) is 3. The molecule has 74 valence electrons. The first kappa shape index (κ1) is 9.47. The molecule has 2 rings (SSSR count). The summed E-state index contributed by atoms with van der Waals surface area (Å²) >= 11 is 0. The van der Waals surface area contributed by atoms with E-state index >= 15 is 0 Å². The van der Waals surface area contributed by atoms with Crippen LogP contribution in [-0.2, 0) is 0 Å². The van der Waals surface area contributed by atoms with E-state index in [-0.39, 0.29) is 0 Å². The lowest BCUT2D eigenvalue weighted by Crippen LogP contribution is -1.93. The summed E-state index contributed by atoms with van der Waals surface area (Å²) in [6, 6.07) is 7.90. The minimum atomic E-state index is 0.468. The molecule has 0 saturated heterocycles. The van der Waals surface area contributed by atoms with Gasteiger partial charge in [-0.25, -0.2) is 0 Å². The molecule has 0 unspecified atom stereocenters. The van der Waals surface area contributed by atoms with Gasteiger partial charge in [-0.2, -0.15) is 5.26 Å². The van der Waals surface area contributed by atoms with Crippen molar-refractivity contribution in [1.82, 2.24) is 4.98 Å². The molecule has 2 aromatic rings. The van der Waals surface area contributed by atoms with Gasteiger partial charge < -0.3 is 4.74 Å². The predicted molar refractivity (Wildman–Crippen MR) is 57.7 cm³/mol. The lowest BCUT2D eigenvalue weighted by atomic mass is 10.1. The molecule has 0 aliphatic carbocycles. The maximum atomic E-state index is 8.91. The average Bonchev–Trinajstić information content (AvgIpc) is 2.28. The maximum absolute atomic E-state index is 8.91. The molecule has 0 amide bonds. The van der Waals surface area contributed by atoms with Gasteiger partial charge in [0.1, 0.15) is 17.4 Å². The van der Waals surface area contributed by atoms with Gasteiger partial charge in [0.05, 0.1) is 12.6 Å². The molecule has 1 heterocycles. The summed E-state index contributed by atoms with van der Waals surface area (Å²) in [7, 11) is 1.57. The van der Waals surface area contributed by atoms with Gasteiger partial charge in [-0.05, 0) is 18.6 Å². The van der Waals surface area contributed by atoms with E-state index in [0.29, 0.717) is 11.3 Å². The molecule has 0 atom stereocenters. The van der Waals surface area contributed by atoms with Crippen LogP contribution in [0.15, 0.2) is 24.4 Å². The lowest BCUT2D eigenvalue weighted by molar-refractivity contribution is 0.418. The average molecular weight is 198 g/mol. The second-order valence-electron chi connectivity index (χ2n) is 3.29. The Morgan fingerprint density at radius 2 is 2.20 bits per heavy atom. The van der Waals surface area contributed by atoms with Gasteiger partial charge in [-0.1, -0.05) is 12.1 Å². The molecule has 0 saturated carbocycles. The van der Waals surface area contributed by atoms with Gasteiger partial charge in [-0.3, -0.25) is 4.98 Å².